The molecule has 0 heterocycles. The normalized spacial score (nSPS) is 32.0. The van der Waals surface area contributed by atoms with Crippen molar-refractivity contribution in [3.63, 3.8) is 0 Å². The zero-order valence-corrected chi connectivity index (χ0v) is 16.9. The standard InChI is InChI=1S/C28H30/c1-26(23-12-5-2-6-13-23)20-27(24-14-7-3-8-15-24)18-11-19-28(21-26,22-27)25-16-9-4-10-17-25/h2-10,12-17H,11,18-22H2,1H3. The van der Waals surface area contributed by atoms with Crippen molar-refractivity contribution >= 4 is 0 Å². The Labute approximate surface area is 169 Å². The summed E-state index contributed by atoms with van der Waals surface area (Å²) in [7, 11) is 0. The van der Waals surface area contributed by atoms with Gasteiger partial charge in [-0.05, 0) is 65.0 Å². The Morgan fingerprint density at radius 2 is 0.893 bits per heavy atom. The van der Waals surface area contributed by atoms with Gasteiger partial charge in [0.25, 0.3) is 0 Å². The lowest BCUT2D eigenvalue weighted by atomic mass is 9.44. The van der Waals surface area contributed by atoms with E-state index in [1.54, 1.807) is 11.1 Å². The molecule has 0 aliphatic heterocycles. The maximum Gasteiger partial charge on any atom is -0.00301 e. The van der Waals surface area contributed by atoms with Crippen LogP contribution < -0.4 is 0 Å². The van der Waals surface area contributed by atoms with Crippen LogP contribution in [0.3, 0.4) is 0 Å². The average molecular weight is 367 g/mol. The molecule has 0 amide bonds. The zero-order chi connectivity index (χ0) is 19.1. The summed E-state index contributed by atoms with van der Waals surface area (Å²) in [6, 6.07) is 34.1. The monoisotopic (exact) mass is 366 g/mol. The lowest BCUT2D eigenvalue weighted by Gasteiger charge is -2.59. The molecular formula is C28H30. The highest BCUT2D eigenvalue weighted by atomic mass is 14.6. The first-order valence-electron chi connectivity index (χ1n) is 10.8. The molecule has 2 saturated carbocycles. The fraction of sp³-hybridized carbons (Fsp3) is 0.357. The van der Waals surface area contributed by atoms with Crippen LogP contribution in [0.4, 0.5) is 0 Å². The van der Waals surface area contributed by atoms with Gasteiger partial charge in [0.1, 0.15) is 0 Å². The fourth-order valence-electron chi connectivity index (χ4n) is 6.77. The Hall–Kier alpha value is -2.34. The van der Waals surface area contributed by atoms with Crippen LogP contribution in [0.5, 0.6) is 0 Å². The van der Waals surface area contributed by atoms with Gasteiger partial charge in [0.2, 0.25) is 0 Å². The van der Waals surface area contributed by atoms with Crippen molar-refractivity contribution in [3.05, 3.63) is 108 Å². The van der Waals surface area contributed by atoms with Crippen molar-refractivity contribution in [2.24, 2.45) is 0 Å². The van der Waals surface area contributed by atoms with Gasteiger partial charge in [0.15, 0.2) is 0 Å². The molecule has 2 atom stereocenters. The molecular weight excluding hydrogens is 336 g/mol. The minimum Gasteiger partial charge on any atom is -0.0622 e. The molecule has 142 valence electrons. The summed E-state index contributed by atoms with van der Waals surface area (Å²) in [5, 5.41) is 0. The van der Waals surface area contributed by atoms with Crippen LogP contribution in [0.2, 0.25) is 0 Å². The van der Waals surface area contributed by atoms with Crippen molar-refractivity contribution in [1.82, 2.24) is 0 Å². The van der Waals surface area contributed by atoms with Crippen LogP contribution >= 0.6 is 0 Å². The van der Waals surface area contributed by atoms with E-state index in [1.807, 2.05) is 0 Å². The van der Waals surface area contributed by atoms with Gasteiger partial charge in [-0.1, -0.05) is 104 Å². The SMILES string of the molecule is CC1(c2ccccc2)CC2(c3ccccc3)CCCC(c3ccccc3)(C1)C2. The van der Waals surface area contributed by atoms with Crippen LogP contribution in [-0.2, 0) is 16.2 Å². The highest BCUT2D eigenvalue weighted by Gasteiger charge is 2.56. The average Bonchev–Trinajstić information content (AvgIpc) is 2.75. The van der Waals surface area contributed by atoms with Gasteiger partial charge in [-0.2, -0.15) is 0 Å². The fourth-order valence-corrected chi connectivity index (χ4v) is 6.77. The second-order valence-electron chi connectivity index (χ2n) is 9.60. The molecule has 0 radical (unpaired) electrons. The van der Waals surface area contributed by atoms with Crippen molar-refractivity contribution in [3.8, 4) is 0 Å². The maximum absolute atomic E-state index is 2.53. The summed E-state index contributed by atoms with van der Waals surface area (Å²) in [6.07, 6.45) is 7.75. The smallest absolute Gasteiger partial charge is 0.00301 e. The Balaban J connectivity index is 1.69. The molecule has 28 heavy (non-hydrogen) atoms. The molecule has 2 aliphatic carbocycles. The highest BCUT2D eigenvalue weighted by Crippen LogP contribution is 2.63. The minimum atomic E-state index is 0.200. The molecule has 0 saturated heterocycles. The number of hydrogen-bond acceptors (Lipinski definition) is 0. The van der Waals surface area contributed by atoms with Gasteiger partial charge in [0, 0.05) is 0 Å². The number of hydrogen-bond donors (Lipinski definition) is 0. The van der Waals surface area contributed by atoms with Crippen LogP contribution in [-0.4, -0.2) is 0 Å². The van der Waals surface area contributed by atoms with E-state index in [2.05, 4.69) is 97.9 Å². The van der Waals surface area contributed by atoms with Crippen molar-refractivity contribution < 1.29 is 0 Å². The van der Waals surface area contributed by atoms with E-state index >= 15 is 0 Å². The quantitative estimate of drug-likeness (QED) is 0.460. The number of rotatable bonds is 3. The summed E-state index contributed by atoms with van der Waals surface area (Å²) in [6.45, 7) is 2.53. The second-order valence-corrected chi connectivity index (χ2v) is 9.60. The van der Waals surface area contributed by atoms with Gasteiger partial charge in [-0.3, -0.25) is 0 Å². The first kappa shape index (κ1) is 17.7. The van der Waals surface area contributed by atoms with Gasteiger partial charge in [-0.25, -0.2) is 0 Å². The zero-order valence-electron chi connectivity index (χ0n) is 16.9. The largest absolute Gasteiger partial charge is 0.0622 e. The van der Waals surface area contributed by atoms with Gasteiger partial charge in [0.05, 0.1) is 0 Å². The van der Waals surface area contributed by atoms with Crippen LogP contribution in [0.15, 0.2) is 91.0 Å². The van der Waals surface area contributed by atoms with E-state index in [0.29, 0.717) is 0 Å². The Morgan fingerprint density at radius 3 is 1.32 bits per heavy atom. The van der Waals surface area contributed by atoms with E-state index in [1.165, 1.54) is 44.1 Å². The molecule has 0 aromatic heterocycles. The molecule has 0 spiro atoms. The van der Waals surface area contributed by atoms with Crippen LogP contribution in [0, 0.1) is 0 Å². The molecule has 2 bridgehead atoms. The summed E-state index contributed by atoms with van der Waals surface area (Å²) in [4.78, 5) is 0. The lowest BCUT2D eigenvalue weighted by Crippen LogP contribution is -2.53. The molecule has 3 aromatic rings. The summed E-state index contributed by atoms with van der Waals surface area (Å²) in [5.41, 5.74) is 5.37. The highest BCUT2D eigenvalue weighted by molar-refractivity contribution is 5.40. The van der Waals surface area contributed by atoms with Crippen molar-refractivity contribution in [2.75, 3.05) is 0 Å². The Bertz CT molecular complexity index is 864. The predicted octanol–water partition coefficient (Wildman–Crippen LogP) is 7.19. The maximum atomic E-state index is 2.53. The summed E-state index contributed by atoms with van der Waals surface area (Å²) >= 11 is 0. The van der Waals surface area contributed by atoms with E-state index in [0.717, 1.165) is 0 Å². The number of benzene rings is 3. The molecule has 2 unspecified atom stereocenters. The molecule has 3 aromatic carbocycles. The first-order valence-corrected chi connectivity index (χ1v) is 10.8. The van der Waals surface area contributed by atoms with Crippen molar-refractivity contribution in [1.29, 1.82) is 0 Å². The Kier molecular flexibility index (Phi) is 4.19. The topological polar surface area (TPSA) is 0 Å². The van der Waals surface area contributed by atoms with E-state index < -0.39 is 0 Å². The molecule has 0 heteroatoms. The number of fused-ring (bicyclic) bond motifs is 2. The lowest BCUT2D eigenvalue weighted by molar-refractivity contribution is 0.0584. The van der Waals surface area contributed by atoms with Crippen LogP contribution in [0.1, 0.15) is 62.1 Å². The van der Waals surface area contributed by atoms with E-state index in [-0.39, 0.29) is 16.2 Å². The molecule has 0 nitrogen and oxygen atoms in total. The molecule has 2 aliphatic rings. The Morgan fingerprint density at radius 1 is 0.500 bits per heavy atom. The third-order valence-corrected chi connectivity index (χ3v) is 7.69. The third-order valence-electron chi connectivity index (χ3n) is 7.69. The van der Waals surface area contributed by atoms with E-state index in [9.17, 15) is 0 Å². The van der Waals surface area contributed by atoms with Crippen molar-refractivity contribution in [2.45, 2.75) is 61.7 Å². The van der Waals surface area contributed by atoms with Gasteiger partial charge in [-0.15, -0.1) is 0 Å². The van der Waals surface area contributed by atoms with E-state index in [4.69, 9.17) is 0 Å². The minimum absolute atomic E-state index is 0.200. The summed E-state index contributed by atoms with van der Waals surface area (Å²) < 4.78 is 0. The molecule has 0 N–H and O–H groups in total. The van der Waals surface area contributed by atoms with Gasteiger partial charge < -0.3 is 0 Å². The third kappa shape index (κ3) is 2.82. The molecule has 2 fully saturated rings. The molecule has 5 rings (SSSR count). The summed E-state index contributed by atoms with van der Waals surface area (Å²) in [5.74, 6) is 0. The first-order chi connectivity index (χ1) is 13.6. The van der Waals surface area contributed by atoms with Gasteiger partial charge >= 0.3 is 0 Å². The predicted molar refractivity (Wildman–Crippen MR) is 118 cm³/mol. The second kappa shape index (κ2) is 6.62. The van der Waals surface area contributed by atoms with Crippen LogP contribution in [0.25, 0.3) is 0 Å².